The van der Waals surface area contributed by atoms with Crippen LogP contribution < -0.4 is 0 Å². The molecule has 0 saturated carbocycles. The van der Waals surface area contributed by atoms with Gasteiger partial charge in [-0.1, -0.05) is 18.2 Å². The van der Waals surface area contributed by atoms with E-state index in [2.05, 4.69) is 0 Å². The van der Waals surface area contributed by atoms with Crippen molar-refractivity contribution in [3.8, 4) is 45.6 Å². The molecule has 0 aromatic heterocycles. The third-order valence-electron chi connectivity index (χ3n) is 5.69. The Kier molecular flexibility index (Phi) is 6.65. The van der Waals surface area contributed by atoms with E-state index in [1.165, 1.54) is 4.90 Å². The largest absolute Gasteiger partial charge is 0.504 e. The smallest absolute Gasteiger partial charge is 0.339 e. The Balaban J connectivity index is 1.85. The zero-order valence-corrected chi connectivity index (χ0v) is 19.0. The van der Waals surface area contributed by atoms with Crippen molar-refractivity contribution in [3.05, 3.63) is 59.2 Å². The highest BCUT2D eigenvalue weighted by atomic mass is 16.5. The van der Waals surface area contributed by atoms with E-state index >= 15 is 0 Å². The first kappa shape index (κ1) is 25.0. The van der Waals surface area contributed by atoms with Gasteiger partial charge in [0, 0.05) is 16.7 Å². The molecule has 37 heavy (non-hydrogen) atoms. The molecular weight excluding hydrogens is 490 g/mol. The number of ether oxygens (including phenoxy) is 2. The van der Waals surface area contributed by atoms with Crippen molar-refractivity contribution < 1.29 is 54.5 Å². The van der Waals surface area contributed by atoms with E-state index in [1.807, 2.05) is 0 Å². The Morgan fingerprint density at radius 3 is 1.54 bits per heavy atom. The minimum Gasteiger partial charge on any atom is -0.504 e. The Labute approximate surface area is 208 Å². The molecule has 4 rings (SSSR count). The third kappa shape index (κ3) is 4.59. The number of nitrogens with zero attached hydrogens (tertiary/aromatic N) is 1. The lowest BCUT2D eigenvalue weighted by Crippen LogP contribution is -2.37. The number of fused-ring (bicyclic) bond motifs is 3. The molecule has 1 amide bonds. The Morgan fingerprint density at radius 2 is 1.11 bits per heavy atom. The summed E-state index contributed by atoms with van der Waals surface area (Å²) in [6.45, 7) is -0.954. The molecule has 3 aromatic rings. The molecule has 192 valence electrons. The summed E-state index contributed by atoms with van der Waals surface area (Å²) in [6.07, 6.45) is 0. The van der Waals surface area contributed by atoms with Gasteiger partial charge in [0.05, 0.1) is 24.2 Å². The minimum atomic E-state index is -1.17. The molecule has 0 aliphatic carbocycles. The van der Waals surface area contributed by atoms with Gasteiger partial charge in [0.15, 0.2) is 23.0 Å². The number of hydrogen-bond acceptors (Lipinski definition) is 11. The quantitative estimate of drug-likeness (QED) is 0.207. The van der Waals surface area contributed by atoms with E-state index in [4.69, 9.17) is 9.47 Å². The lowest BCUT2D eigenvalue weighted by Gasteiger charge is -2.22. The number of esters is 2. The molecule has 0 bridgehead atoms. The SMILES string of the molecule is O=C1OCCN(C(=O)c2ccccc2)CCOC(=O)c2cc(O)c(O)c(O)c2-c2c1cc(O)c(O)c2O. The highest BCUT2D eigenvalue weighted by Gasteiger charge is 2.32. The number of benzene rings is 3. The van der Waals surface area contributed by atoms with Crippen molar-refractivity contribution in [3.63, 3.8) is 0 Å². The number of cyclic esters (lactones) is 2. The molecule has 0 atom stereocenters. The van der Waals surface area contributed by atoms with Gasteiger partial charge in [0.25, 0.3) is 5.91 Å². The molecule has 0 unspecified atom stereocenters. The van der Waals surface area contributed by atoms with Crippen LogP contribution in [0.15, 0.2) is 42.5 Å². The summed E-state index contributed by atoms with van der Waals surface area (Å²) in [7, 11) is 0. The van der Waals surface area contributed by atoms with Crippen LogP contribution in [0.3, 0.4) is 0 Å². The van der Waals surface area contributed by atoms with Crippen molar-refractivity contribution in [2.45, 2.75) is 0 Å². The third-order valence-corrected chi connectivity index (χ3v) is 5.69. The van der Waals surface area contributed by atoms with Crippen LogP contribution in [-0.4, -0.2) is 79.7 Å². The molecule has 0 fully saturated rings. The summed E-state index contributed by atoms with van der Waals surface area (Å²) in [5.74, 6) is -9.08. The van der Waals surface area contributed by atoms with Crippen LogP contribution in [0.2, 0.25) is 0 Å². The zero-order valence-electron chi connectivity index (χ0n) is 19.0. The standard InChI is InChI=1S/C25H21NO11/c27-15-10-13-17(21(31)19(15)29)18-14(11-16(28)20(30)22(18)32)25(35)37-9-7-26(6-8-36-24(13)34)23(33)12-4-2-1-3-5-12/h1-5,10-11,27-32H,6-9H2. The fraction of sp³-hybridized carbons (Fsp3) is 0.160. The summed E-state index contributed by atoms with van der Waals surface area (Å²) in [5, 5.41) is 61.3. The van der Waals surface area contributed by atoms with Gasteiger partial charge < -0.3 is 45.0 Å². The topological polar surface area (TPSA) is 194 Å². The van der Waals surface area contributed by atoms with Gasteiger partial charge in [-0.05, 0) is 24.3 Å². The van der Waals surface area contributed by atoms with Crippen LogP contribution in [0.4, 0.5) is 0 Å². The number of hydrogen-bond donors (Lipinski definition) is 6. The molecule has 3 aromatic carbocycles. The van der Waals surface area contributed by atoms with Crippen LogP contribution in [0.25, 0.3) is 11.1 Å². The lowest BCUT2D eigenvalue weighted by molar-refractivity contribution is 0.0364. The van der Waals surface area contributed by atoms with E-state index in [9.17, 15) is 45.0 Å². The molecule has 12 nitrogen and oxygen atoms in total. The van der Waals surface area contributed by atoms with Crippen LogP contribution in [0.5, 0.6) is 34.5 Å². The first-order valence-electron chi connectivity index (χ1n) is 10.9. The van der Waals surface area contributed by atoms with Gasteiger partial charge in [-0.15, -0.1) is 0 Å². The molecular formula is C25H21NO11. The first-order chi connectivity index (χ1) is 17.6. The maximum absolute atomic E-state index is 13.0. The molecule has 6 N–H and O–H groups in total. The number of aromatic hydroxyl groups is 6. The number of phenols is 6. The maximum atomic E-state index is 13.0. The molecule has 0 spiro atoms. The Morgan fingerprint density at radius 1 is 0.676 bits per heavy atom. The average molecular weight is 511 g/mol. The normalized spacial score (nSPS) is 14.2. The van der Waals surface area contributed by atoms with Gasteiger partial charge in [0.1, 0.15) is 13.2 Å². The lowest BCUT2D eigenvalue weighted by atomic mass is 9.92. The van der Waals surface area contributed by atoms with Crippen molar-refractivity contribution in [2.24, 2.45) is 0 Å². The van der Waals surface area contributed by atoms with E-state index in [-0.39, 0.29) is 26.3 Å². The summed E-state index contributed by atoms with van der Waals surface area (Å²) in [4.78, 5) is 40.2. The van der Waals surface area contributed by atoms with E-state index in [0.29, 0.717) is 5.56 Å². The van der Waals surface area contributed by atoms with Crippen molar-refractivity contribution in [1.82, 2.24) is 4.90 Å². The van der Waals surface area contributed by atoms with Gasteiger partial charge in [-0.25, -0.2) is 9.59 Å². The summed E-state index contributed by atoms with van der Waals surface area (Å²) >= 11 is 0. The second-order valence-corrected chi connectivity index (χ2v) is 7.96. The average Bonchev–Trinajstić information content (AvgIpc) is 2.90. The monoisotopic (exact) mass is 511 g/mol. The number of rotatable bonds is 1. The number of amides is 1. The molecule has 1 aliphatic rings. The fourth-order valence-corrected chi connectivity index (χ4v) is 3.85. The Hall–Kier alpha value is -5.13. The second kappa shape index (κ2) is 9.85. The molecule has 1 aliphatic heterocycles. The number of carbonyl (C=O) groups excluding carboxylic acids is 3. The molecule has 12 heteroatoms. The van der Waals surface area contributed by atoms with Crippen LogP contribution in [-0.2, 0) is 9.47 Å². The van der Waals surface area contributed by atoms with Crippen molar-refractivity contribution >= 4 is 17.8 Å². The zero-order chi connectivity index (χ0) is 26.9. The first-order valence-corrected chi connectivity index (χ1v) is 10.9. The van der Waals surface area contributed by atoms with Gasteiger partial charge in [-0.2, -0.15) is 0 Å². The van der Waals surface area contributed by atoms with E-state index in [0.717, 1.165) is 12.1 Å². The van der Waals surface area contributed by atoms with Crippen LogP contribution in [0.1, 0.15) is 31.1 Å². The predicted molar refractivity (Wildman–Crippen MR) is 125 cm³/mol. The second-order valence-electron chi connectivity index (χ2n) is 7.96. The van der Waals surface area contributed by atoms with Gasteiger partial charge in [0.2, 0.25) is 11.5 Å². The summed E-state index contributed by atoms with van der Waals surface area (Å²) < 4.78 is 10.5. The number of phenolic OH excluding ortho intramolecular Hbond substituents is 6. The van der Waals surface area contributed by atoms with Gasteiger partial charge in [-0.3, -0.25) is 4.79 Å². The van der Waals surface area contributed by atoms with E-state index < -0.39 is 74.6 Å². The predicted octanol–water partition coefficient (Wildman–Crippen LogP) is 2.06. The van der Waals surface area contributed by atoms with Crippen LogP contribution >= 0.6 is 0 Å². The van der Waals surface area contributed by atoms with Crippen molar-refractivity contribution in [2.75, 3.05) is 26.3 Å². The minimum absolute atomic E-state index is 0.123. The molecule has 1 heterocycles. The molecule has 0 radical (unpaired) electrons. The summed E-state index contributed by atoms with van der Waals surface area (Å²) in [6, 6.07) is 9.62. The highest BCUT2D eigenvalue weighted by molar-refractivity contribution is 6.08. The highest BCUT2D eigenvalue weighted by Crippen LogP contribution is 2.52. The summed E-state index contributed by atoms with van der Waals surface area (Å²) in [5.41, 5.74) is -2.26. The Bertz CT molecular complexity index is 1320. The van der Waals surface area contributed by atoms with E-state index in [1.54, 1.807) is 30.3 Å². The fourth-order valence-electron chi connectivity index (χ4n) is 3.85. The van der Waals surface area contributed by atoms with Gasteiger partial charge >= 0.3 is 11.9 Å². The maximum Gasteiger partial charge on any atom is 0.339 e. The molecule has 0 saturated heterocycles. The number of carbonyl (C=O) groups is 3. The van der Waals surface area contributed by atoms with Crippen LogP contribution in [0, 0.1) is 0 Å². The van der Waals surface area contributed by atoms with Crippen molar-refractivity contribution in [1.29, 1.82) is 0 Å².